The van der Waals surface area contributed by atoms with Crippen LogP contribution in [0.4, 0.5) is 0 Å². The number of ether oxygens (including phenoxy) is 1. The van der Waals surface area contributed by atoms with Gasteiger partial charge in [-0.15, -0.1) is 0 Å². The summed E-state index contributed by atoms with van der Waals surface area (Å²) in [5, 5.41) is 3.24. The minimum absolute atomic E-state index is 0.168. The fraction of sp³-hybridized carbons (Fsp3) is 1.00. The summed E-state index contributed by atoms with van der Waals surface area (Å²) in [7, 11) is 0. The predicted molar refractivity (Wildman–Crippen MR) is 40.9 cm³/mol. The van der Waals surface area contributed by atoms with Crippen molar-refractivity contribution in [1.29, 1.82) is 0 Å². The summed E-state index contributed by atoms with van der Waals surface area (Å²) < 4.78 is 5.45. The van der Waals surface area contributed by atoms with Gasteiger partial charge in [0.2, 0.25) is 0 Å². The first-order valence-corrected chi connectivity index (χ1v) is 3.72. The smallest absolute Gasteiger partial charge is 0.0873 e. The van der Waals surface area contributed by atoms with Crippen LogP contribution < -0.4 is 11.1 Å². The van der Waals surface area contributed by atoms with Crippen LogP contribution in [-0.4, -0.2) is 31.3 Å². The molecule has 60 valence electrons. The van der Waals surface area contributed by atoms with Gasteiger partial charge in [-0.2, -0.15) is 0 Å². The van der Waals surface area contributed by atoms with E-state index in [2.05, 4.69) is 5.32 Å². The summed E-state index contributed by atoms with van der Waals surface area (Å²) in [6.07, 6.45) is 0.168. The second-order valence-electron chi connectivity index (χ2n) is 3.38. The average molecular weight is 144 g/mol. The maximum absolute atomic E-state index is 5.85. The van der Waals surface area contributed by atoms with Gasteiger partial charge in [-0.1, -0.05) is 0 Å². The second-order valence-corrected chi connectivity index (χ2v) is 3.38. The number of nitrogens with two attached hydrogens (primary N) is 1. The van der Waals surface area contributed by atoms with Gasteiger partial charge in [0.25, 0.3) is 0 Å². The lowest BCUT2D eigenvalue weighted by Crippen LogP contribution is -2.54. The predicted octanol–water partition coefficient (Wildman–Crippen LogP) is -0.288. The summed E-state index contributed by atoms with van der Waals surface area (Å²) in [4.78, 5) is 0. The lowest BCUT2D eigenvalue weighted by Gasteiger charge is -2.33. The Labute approximate surface area is 61.9 Å². The Morgan fingerprint density at radius 2 is 2.30 bits per heavy atom. The van der Waals surface area contributed by atoms with Crippen LogP contribution in [0.15, 0.2) is 0 Å². The zero-order valence-electron chi connectivity index (χ0n) is 6.68. The van der Waals surface area contributed by atoms with E-state index in [4.69, 9.17) is 10.5 Å². The van der Waals surface area contributed by atoms with Crippen molar-refractivity contribution in [2.24, 2.45) is 5.73 Å². The van der Waals surface area contributed by atoms with Crippen molar-refractivity contribution < 1.29 is 4.74 Å². The molecule has 0 amide bonds. The number of morpholine rings is 1. The van der Waals surface area contributed by atoms with Gasteiger partial charge >= 0.3 is 0 Å². The van der Waals surface area contributed by atoms with Crippen LogP contribution in [0.2, 0.25) is 0 Å². The van der Waals surface area contributed by atoms with Gasteiger partial charge in [-0.05, 0) is 13.8 Å². The Hall–Kier alpha value is -0.120. The number of hydrogen-bond donors (Lipinski definition) is 2. The number of nitrogens with one attached hydrogen (secondary N) is 1. The minimum Gasteiger partial charge on any atom is -0.374 e. The zero-order chi connectivity index (χ0) is 7.61. The second kappa shape index (κ2) is 2.86. The van der Waals surface area contributed by atoms with Crippen LogP contribution in [0.3, 0.4) is 0 Å². The molecule has 1 unspecified atom stereocenters. The summed E-state index contributed by atoms with van der Waals surface area (Å²) in [6.45, 7) is 6.59. The number of rotatable bonds is 1. The molecule has 0 spiro atoms. The van der Waals surface area contributed by atoms with Crippen LogP contribution >= 0.6 is 0 Å². The van der Waals surface area contributed by atoms with E-state index in [1.807, 2.05) is 13.8 Å². The Balaban J connectivity index is 2.39. The molecule has 0 saturated carbocycles. The van der Waals surface area contributed by atoms with Gasteiger partial charge in [-0.3, -0.25) is 0 Å². The van der Waals surface area contributed by atoms with E-state index in [9.17, 15) is 0 Å². The maximum Gasteiger partial charge on any atom is 0.0873 e. The van der Waals surface area contributed by atoms with Crippen molar-refractivity contribution in [3.05, 3.63) is 0 Å². The maximum atomic E-state index is 5.85. The van der Waals surface area contributed by atoms with Crippen molar-refractivity contribution in [3.8, 4) is 0 Å². The van der Waals surface area contributed by atoms with Crippen LogP contribution in [0.5, 0.6) is 0 Å². The van der Waals surface area contributed by atoms with Gasteiger partial charge < -0.3 is 15.8 Å². The van der Waals surface area contributed by atoms with Crippen LogP contribution in [-0.2, 0) is 4.74 Å². The highest BCUT2D eigenvalue weighted by atomic mass is 16.5. The van der Waals surface area contributed by atoms with E-state index in [0.29, 0.717) is 0 Å². The molecule has 1 aliphatic heterocycles. The standard InChI is InChI=1S/C7H16N2O/c1-7(2,8)6-5-9-3-4-10-6/h6,9H,3-5,8H2,1-2H3. The molecule has 1 atom stereocenters. The molecule has 1 heterocycles. The monoisotopic (exact) mass is 144 g/mol. The Bertz CT molecular complexity index is 103. The van der Waals surface area contributed by atoms with Crippen LogP contribution in [0.25, 0.3) is 0 Å². The zero-order valence-corrected chi connectivity index (χ0v) is 6.68. The number of hydrogen-bond acceptors (Lipinski definition) is 3. The molecule has 10 heavy (non-hydrogen) atoms. The van der Waals surface area contributed by atoms with Gasteiger partial charge in [0, 0.05) is 18.6 Å². The molecule has 1 rings (SSSR count). The van der Waals surface area contributed by atoms with Gasteiger partial charge in [-0.25, -0.2) is 0 Å². The van der Waals surface area contributed by atoms with E-state index < -0.39 is 0 Å². The van der Waals surface area contributed by atoms with E-state index >= 15 is 0 Å². The fourth-order valence-corrected chi connectivity index (χ4v) is 1.04. The molecule has 1 aliphatic rings. The fourth-order valence-electron chi connectivity index (χ4n) is 1.04. The first-order chi connectivity index (χ1) is 4.61. The van der Waals surface area contributed by atoms with Crippen molar-refractivity contribution in [1.82, 2.24) is 5.32 Å². The summed E-state index contributed by atoms with van der Waals surface area (Å²) >= 11 is 0. The van der Waals surface area contributed by atoms with Crippen LogP contribution in [0, 0.1) is 0 Å². The van der Waals surface area contributed by atoms with E-state index in [1.165, 1.54) is 0 Å². The third kappa shape index (κ3) is 1.94. The quantitative estimate of drug-likeness (QED) is 0.532. The van der Waals surface area contributed by atoms with Crippen LogP contribution in [0.1, 0.15) is 13.8 Å². The molecule has 0 aliphatic carbocycles. The Morgan fingerprint density at radius 1 is 1.60 bits per heavy atom. The first-order valence-electron chi connectivity index (χ1n) is 3.72. The molecule has 1 fully saturated rings. The lowest BCUT2D eigenvalue weighted by atomic mass is 9.98. The highest BCUT2D eigenvalue weighted by Crippen LogP contribution is 2.10. The third-order valence-electron chi connectivity index (χ3n) is 1.76. The van der Waals surface area contributed by atoms with Crippen molar-refractivity contribution in [2.75, 3.05) is 19.7 Å². The molecule has 3 N–H and O–H groups in total. The van der Waals surface area contributed by atoms with Gasteiger partial charge in [0.15, 0.2) is 0 Å². The van der Waals surface area contributed by atoms with Crippen molar-refractivity contribution in [2.45, 2.75) is 25.5 Å². The topological polar surface area (TPSA) is 47.3 Å². The molecule has 0 aromatic rings. The molecular formula is C7H16N2O. The van der Waals surface area contributed by atoms with Crippen molar-refractivity contribution >= 4 is 0 Å². The SMILES string of the molecule is CC(C)(N)C1CNCCO1. The lowest BCUT2D eigenvalue weighted by molar-refractivity contribution is -0.0106. The van der Waals surface area contributed by atoms with E-state index in [-0.39, 0.29) is 11.6 Å². The van der Waals surface area contributed by atoms with Gasteiger partial charge in [0.05, 0.1) is 12.7 Å². The largest absolute Gasteiger partial charge is 0.374 e. The first kappa shape index (κ1) is 7.98. The molecule has 0 bridgehead atoms. The summed E-state index contributed by atoms with van der Waals surface area (Å²) in [5.74, 6) is 0. The highest BCUT2D eigenvalue weighted by Gasteiger charge is 2.27. The molecule has 3 nitrogen and oxygen atoms in total. The molecule has 0 radical (unpaired) electrons. The molecule has 0 aromatic heterocycles. The van der Waals surface area contributed by atoms with E-state index in [1.54, 1.807) is 0 Å². The highest BCUT2D eigenvalue weighted by molar-refractivity contribution is 4.86. The molecular weight excluding hydrogens is 128 g/mol. The molecule has 3 heteroatoms. The van der Waals surface area contributed by atoms with Crippen molar-refractivity contribution in [3.63, 3.8) is 0 Å². The Kier molecular flexibility index (Phi) is 2.28. The third-order valence-corrected chi connectivity index (χ3v) is 1.76. The van der Waals surface area contributed by atoms with Gasteiger partial charge in [0.1, 0.15) is 0 Å². The Morgan fingerprint density at radius 3 is 2.60 bits per heavy atom. The summed E-state index contributed by atoms with van der Waals surface area (Å²) in [5.41, 5.74) is 5.63. The average Bonchev–Trinajstić information content (AvgIpc) is 1.88. The normalized spacial score (nSPS) is 28.5. The summed E-state index contributed by atoms with van der Waals surface area (Å²) in [6, 6.07) is 0. The molecule has 1 saturated heterocycles. The molecule has 0 aromatic carbocycles. The minimum atomic E-state index is -0.215. The van der Waals surface area contributed by atoms with E-state index in [0.717, 1.165) is 19.7 Å².